The molecule has 1 atom stereocenters. The van der Waals surface area contributed by atoms with Crippen molar-refractivity contribution in [3.05, 3.63) is 64.9 Å². The first-order chi connectivity index (χ1) is 11.9. The number of hydrogen-bond donors (Lipinski definition) is 1. The summed E-state index contributed by atoms with van der Waals surface area (Å²) in [5.74, 6) is 0.659. The second kappa shape index (κ2) is 4.72. The fourth-order valence-electron chi connectivity index (χ4n) is 4.31. The second-order valence-corrected chi connectivity index (χ2v) is 8.34. The fraction of sp³-hybridized carbons (Fsp3) is 0.261. The number of aromatic amines is 1. The van der Waals surface area contributed by atoms with Crippen molar-refractivity contribution in [2.75, 3.05) is 0 Å². The van der Waals surface area contributed by atoms with Gasteiger partial charge < -0.3 is 4.98 Å². The lowest BCUT2D eigenvalue weighted by Gasteiger charge is -2.30. The largest absolute Gasteiger partial charge is 0.354 e. The molecular weight excluding hydrogens is 306 g/mol. The molecule has 0 aliphatic heterocycles. The van der Waals surface area contributed by atoms with Gasteiger partial charge in [-0.1, -0.05) is 63.2 Å². The quantitative estimate of drug-likeness (QED) is 0.447. The number of carbonyl (C=O) groups excluding carboxylic acids is 1. The minimum Gasteiger partial charge on any atom is -0.354 e. The van der Waals surface area contributed by atoms with Gasteiger partial charge in [-0.05, 0) is 40.5 Å². The third-order valence-corrected chi connectivity index (χ3v) is 5.84. The van der Waals surface area contributed by atoms with E-state index in [2.05, 4.69) is 50.0 Å². The average molecular weight is 327 g/mol. The van der Waals surface area contributed by atoms with Crippen LogP contribution >= 0.6 is 0 Å². The smallest absolute Gasteiger partial charge is 0.196 e. The molecule has 5 rings (SSSR count). The van der Waals surface area contributed by atoms with Crippen LogP contribution in [0.1, 0.15) is 48.0 Å². The molecule has 0 amide bonds. The summed E-state index contributed by atoms with van der Waals surface area (Å²) in [6, 6.07) is 12.2. The van der Waals surface area contributed by atoms with Gasteiger partial charge in [-0.15, -0.1) is 0 Å². The predicted molar refractivity (Wildman–Crippen MR) is 103 cm³/mol. The Bertz CT molecular complexity index is 1080. The number of hydrogen-bond acceptors (Lipinski definition) is 1. The van der Waals surface area contributed by atoms with Gasteiger partial charge >= 0.3 is 0 Å². The fourth-order valence-corrected chi connectivity index (χ4v) is 4.31. The summed E-state index contributed by atoms with van der Waals surface area (Å²) in [6.45, 7) is 6.87. The van der Waals surface area contributed by atoms with E-state index in [0.717, 1.165) is 39.9 Å². The van der Waals surface area contributed by atoms with Gasteiger partial charge in [-0.3, -0.25) is 4.79 Å². The molecule has 2 nitrogen and oxygen atoms in total. The van der Waals surface area contributed by atoms with Crippen LogP contribution in [0.5, 0.6) is 0 Å². The highest BCUT2D eigenvalue weighted by Crippen LogP contribution is 2.43. The Balaban J connectivity index is 1.74. The molecule has 0 fully saturated rings. The molecule has 1 heterocycles. The lowest BCUT2D eigenvalue weighted by Crippen LogP contribution is -2.22. The molecule has 0 bridgehead atoms. The summed E-state index contributed by atoms with van der Waals surface area (Å²) < 4.78 is 0. The summed E-state index contributed by atoms with van der Waals surface area (Å²) in [6.07, 6.45) is 5.54. The number of H-pyrrole nitrogens is 1. The molecule has 25 heavy (non-hydrogen) atoms. The Morgan fingerprint density at radius 1 is 1.00 bits per heavy atom. The summed E-state index contributed by atoms with van der Waals surface area (Å²) in [5.41, 5.74) is 7.53. The van der Waals surface area contributed by atoms with Crippen LogP contribution < -0.4 is 0 Å². The van der Waals surface area contributed by atoms with E-state index >= 15 is 0 Å². The second-order valence-electron chi connectivity index (χ2n) is 8.34. The standard InChI is InChI=1S/C23H21NO/c1-23(2,3)13-8-11-19-18(12-13)16-10-9-15-14-6-4-5-7-17(14)22(25)20(15)21(16)24-19/h4-11,13,24H,12H2,1-3H3. The first-order valence-electron chi connectivity index (χ1n) is 8.95. The van der Waals surface area contributed by atoms with Crippen LogP contribution in [0.4, 0.5) is 0 Å². The van der Waals surface area contributed by atoms with Gasteiger partial charge in [-0.25, -0.2) is 0 Å². The summed E-state index contributed by atoms with van der Waals surface area (Å²) >= 11 is 0. The molecule has 2 aliphatic rings. The minimum atomic E-state index is 0.145. The van der Waals surface area contributed by atoms with Crippen LogP contribution in [0.15, 0.2) is 42.5 Å². The van der Waals surface area contributed by atoms with Crippen molar-refractivity contribution < 1.29 is 4.79 Å². The van der Waals surface area contributed by atoms with Crippen LogP contribution in [0.2, 0.25) is 0 Å². The maximum Gasteiger partial charge on any atom is 0.196 e. The number of carbonyl (C=O) groups is 1. The van der Waals surface area contributed by atoms with Crippen LogP contribution in [-0.2, 0) is 6.42 Å². The van der Waals surface area contributed by atoms with E-state index < -0.39 is 0 Å². The van der Waals surface area contributed by atoms with Crippen molar-refractivity contribution in [2.45, 2.75) is 27.2 Å². The zero-order valence-electron chi connectivity index (χ0n) is 14.8. The summed E-state index contributed by atoms with van der Waals surface area (Å²) in [7, 11) is 0. The van der Waals surface area contributed by atoms with Crippen molar-refractivity contribution in [3.63, 3.8) is 0 Å². The number of fused-ring (bicyclic) bond motifs is 7. The third kappa shape index (κ3) is 1.94. The zero-order chi connectivity index (χ0) is 17.3. The van der Waals surface area contributed by atoms with Gasteiger partial charge in [0, 0.05) is 16.6 Å². The number of allylic oxidation sites excluding steroid dienone is 1. The van der Waals surface area contributed by atoms with E-state index in [4.69, 9.17) is 0 Å². The molecule has 0 radical (unpaired) electrons. The monoisotopic (exact) mass is 327 g/mol. The van der Waals surface area contributed by atoms with Gasteiger partial charge in [0.2, 0.25) is 0 Å². The molecule has 0 spiro atoms. The average Bonchev–Trinajstić information content (AvgIpc) is 3.10. The van der Waals surface area contributed by atoms with Gasteiger partial charge in [0.1, 0.15) is 0 Å². The topological polar surface area (TPSA) is 32.9 Å². The lowest BCUT2D eigenvalue weighted by atomic mass is 9.74. The minimum absolute atomic E-state index is 0.145. The Labute approximate surface area is 147 Å². The molecule has 2 heteroatoms. The first-order valence-corrected chi connectivity index (χ1v) is 8.95. The number of ketones is 1. The summed E-state index contributed by atoms with van der Waals surface area (Å²) in [4.78, 5) is 16.5. The van der Waals surface area contributed by atoms with E-state index in [9.17, 15) is 4.79 Å². The van der Waals surface area contributed by atoms with Gasteiger partial charge in [0.25, 0.3) is 0 Å². The third-order valence-electron chi connectivity index (χ3n) is 5.84. The Morgan fingerprint density at radius 3 is 2.52 bits per heavy atom. The van der Waals surface area contributed by atoms with Crippen LogP contribution in [0.25, 0.3) is 28.1 Å². The van der Waals surface area contributed by atoms with Crippen molar-refractivity contribution in [1.29, 1.82) is 0 Å². The molecule has 124 valence electrons. The van der Waals surface area contributed by atoms with Crippen LogP contribution in [0, 0.1) is 11.3 Å². The van der Waals surface area contributed by atoms with E-state index in [1.807, 2.05) is 24.3 Å². The molecule has 2 aliphatic carbocycles. The van der Waals surface area contributed by atoms with Crippen molar-refractivity contribution in [3.8, 4) is 11.1 Å². The molecule has 1 aromatic heterocycles. The molecule has 0 saturated carbocycles. The maximum absolute atomic E-state index is 13.0. The number of rotatable bonds is 0. The predicted octanol–water partition coefficient (Wildman–Crippen LogP) is 5.61. The number of aromatic nitrogens is 1. The normalized spacial score (nSPS) is 18.4. The highest BCUT2D eigenvalue weighted by Gasteiger charge is 2.32. The number of nitrogens with one attached hydrogen (secondary N) is 1. The Kier molecular flexibility index (Phi) is 2.78. The van der Waals surface area contributed by atoms with Gasteiger partial charge in [0.05, 0.1) is 11.1 Å². The molecule has 3 aromatic rings. The first kappa shape index (κ1) is 14.7. The van der Waals surface area contributed by atoms with Crippen molar-refractivity contribution >= 4 is 22.8 Å². The van der Waals surface area contributed by atoms with E-state index in [1.165, 1.54) is 10.9 Å². The van der Waals surface area contributed by atoms with E-state index in [1.54, 1.807) is 0 Å². The van der Waals surface area contributed by atoms with Gasteiger partial charge in [-0.2, -0.15) is 0 Å². The highest BCUT2D eigenvalue weighted by molar-refractivity contribution is 6.27. The Hall–Kier alpha value is -2.61. The Morgan fingerprint density at radius 2 is 1.76 bits per heavy atom. The zero-order valence-corrected chi connectivity index (χ0v) is 14.8. The molecule has 1 N–H and O–H groups in total. The van der Waals surface area contributed by atoms with Crippen LogP contribution in [-0.4, -0.2) is 10.8 Å². The summed E-state index contributed by atoms with van der Waals surface area (Å²) in [5, 5.41) is 1.20. The molecule has 2 aromatic carbocycles. The van der Waals surface area contributed by atoms with E-state index in [-0.39, 0.29) is 11.2 Å². The van der Waals surface area contributed by atoms with E-state index in [0.29, 0.717) is 5.92 Å². The lowest BCUT2D eigenvalue weighted by molar-refractivity contribution is 0.104. The number of benzene rings is 2. The van der Waals surface area contributed by atoms with Crippen LogP contribution in [0.3, 0.4) is 0 Å². The molecule has 0 saturated heterocycles. The molecule has 1 unspecified atom stereocenters. The molecular formula is C23H21NO. The SMILES string of the molecule is CC(C)(C)C1C=Cc2[nH]c3c4c(ccc3c2C1)-c1ccccc1C4=O. The maximum atomic E-state index is 13.0. The van der Waals surface area contributed by atoms with Crippen molar-refractivity contribution in [2.24, 2.45) is 11.3 Å². The highest BCUT2D eigenvalue weighted by atomic mass is 16.1. The van der Waals surface area contributed by atoms with Gasteiger partial charge in [0.15, 0.2) is 5.78 Å². The van der Waals surface area contributed by atoms with Crippen molar-refractivity contribution in [1.82, 2.24) is 4.98 Å².